The summed E-state index contributed by atoms with van der Waals surface area (Å²) in [6.45, 7) is 3.13. The Morgan fingerprint density at radius 3 is 2.93 bits per heavy atom. The highest BCUT2D eigenvalue weighted by Crippen LogP contribution is 2.28. The van der Waals surface area contributed by atoms with E-state index in [1.807, 2.05) is 36.1 Å². The maximum Gasteiger partial charge on any atom is 0.274 e. The van der Waals surface area contributed by atoms with Gasteiger partial charge in [0.05, 0.1) is 24.0 Å². The summed E-state index contributed by atoms with van der Waals surface area (Å²) in [6, 6.07) is 7.71. The van der Waals surface area contributed by atoms with Gasteiger partial charge in [-0.05, 0) is 37.5 Å². The van der Waals surface area contributed by atoms with Crippen LogP contribution in [-0.4, -0.2) is 38.8 Å². The van der Waals surface area contributed by atoms with Crippen LogP contribution in [0.3, 0.4) is 0 Å². The number of carbonyl (C=O) groups is 1. The van der Waals surface area contributed by atoms with E-state index in [0.29, 0.717) is 36.1 Å². The number of benzene rings is 1. The summed E-state index contributed by atoms with van der Waals surface area (Å²) in [5, 5.41) is 0.706. The van der Waals surface area contributed by atoms with Crippen molar-refractivity contribution >= 4 is 17.5 Å². The smallest absolute Gasteiger partial charge is 0.274 e. The lowest BCUT2D eigenvalue weighted by Crippen LogP contribution is -2.39. The second-order valence-corrected chi connectivity index (χ2v) is 7.54. The van der Waals surface area contributed by atoms with E-state index in [9.17, 15) is 4.79 Å². The molecular formula is C21H21ClN4O2. The van der Waals surface area contributed by atoms with Crippen molar-refractivity contribution in [3.05, 3.63) is 76.5 Å². The highest BCUT2D eigenvalue weighted by molar-refractivity contribution is 6.30. The third kappa shape index (κ3) is 4.22. The number of hydrogen-bond acceptors (Lipinski definition) is 5. The first-order chi connectivity index (χ1) is 13.6. The summed E-state index contributed by atoms with van der Waals surface area (Å²) in [6.07, 6.45) is 7.41. The summed E-state index contributed by atoms with van der Waals surface area (Å²) < 4.78 is 6.00. The van der Waals surface area contributed by atoms with E-state index in [2.05, 4.69) is 15.0 Å². The molecule has 1 aromatic carbocycles. The third-order valence-corrected chi connectivity index (χ3v) is 5.13. The highest BCUT2D eigenvalue weighted by atomic mass is 35.5. The molecule has 1 aliphatic rings. The Morgan fingerprint density at radius 1 is 1.25 bits per heavy atom. The average Bonchev–Trinajstić information content (AvgIpc) is 3.17. The van der Waals surface area contributed by atoms with Gasteiger partial charge in [-0.2, -0.15) is 0 Å². The monoisotopic (exact) mass is 396 g/mol. The molecule has 4 rings (SSSR count). The minimum absolute atomic E-state index is 0.0872. The fraction of sp³-hybridized carbons (Fsp3) is 0.333. The van der Waals surface area contributed by atoms with Crippen LogP contribution in [0.25, 0.3) is 0 Å². The zero-order chi connectivity index (χ0) is 19.5. The Hall–Kier alpha value is -2.73. The minimum atomic E-state index is -0.0945. The number of aryl methyl sites for hydroxylation is 1. The molecule has 7 heteroatoms. The molecule has 0 aliphatic carbocycles. The number of oxazole rings is 1. The SMILES string of the molecule is Cc1cnc(C(=O)N2CCC[C@H](c3ncc(Cc4cccc(Cl)c4)o3)C2)cn1. The average molecular weight is 397 g/mol. The standard InChI is InChI=1S/C21H21ClN4O2/c1-14-10-24-19(12-23-14)21(27)26-7-3-5-16(13-26)20-25-11-18(28-20)9-15-4-2-6-17(22)8-15/h2,4,6,8,10-12,16H,3,5,7,9,13H2,1H3/t16-/m0/s1. The normalized spacial score (nSPS) is 16.9. The van der Waals surface area contributed by atoms with E-state index in [-0.39, 0.29) is 11.8 Å². The first kappa shape index (κ1) is 18.6. The number of piperidine rings is 1. The summed E-state index contributed by atoms with van der Waals surface area (Å²) in [5.41, 5.74) is 2.24. The van der Waals surface area contributed by atoms with Crippen LogP contribution in [-0.2, 0) is 6.42 Å². The number of nitrogens with zero attached hydrogens (tertiary/aromatic N) is 4. The first-order valence-corrected chi connectivity index (χ1v) is 9.73. The number of amides is 1. The van der Waals surface area contributed by atoms with E-state index in [4.69, 9.17) is 16.0 Å². The minimum Gasteiger partial charge on any atom is -0.445 e. The predicted octanol–water partition coefficient (Wildman–Crippen LogP) is 4.04. The molecule has 0 bridgehead atoms. The van der Waals surface area contributed by atoms with Crippen LogP contribution in [0, 0.1) is 6.92 Å². The summed E-state index contributed by atoms with van der Waals surface area (Å²) in [4.78, 5) is 27.4. The number of aromatic nitrogens is 3. The van der Waals surface area contributed by atoms with Crippen molar-refractivity contribution in [1.82, 2.24) is 19.9 Å². The van der Waals surface area contributed by atoms with Gasteiger partial charge in [0, 0.05) is 30.7 Å². The van der Waals surface area contributed by atoms with Crippen LogP contribution in [0.15, 0.2) is 47.3 Å². The van der Waals surface area contributed by atoms with Crippen molar-refractivity contribution in [1.29, 1.82) is 0 Å². The van der Waals surface area contributed by atoms with Gasteiger partial charge in [0.15, 0.2) is 5.89 Å². The van der Waals surface area contributed by atoms with Gasteiger partial charge in [0.2, 0.25) is 0 Å². The van der Waals surface area contributed by atoms with Crippen LogP contribution >= 0.6 is 11.6 Å². The molecule has 1 atom stereocenters. The second kappa shape index (κ2) is 8.10. The lowest BCUT2D eigenvalue weighted by atomic mass is 9.98. The Kier molecular flexibility index (Phi) is 5.39. The number of likely N-dealkylation sites (tertiary alicyclic amines) is 1. The largest absolute Gasteiger partial charge is 0.445 e. The maximum absolute atomic E-state index is 12.7. The van der Waals surface area contributed by atoms with Crippen LogP contribution < -0.4 is 0 Å². The van der Waals surface area contributed by atoms with Gasteiger partial charge in [-0.25, -0.2) is 9.97 Å². The molecular weight excluding hydrogens is 376 g/mol. The summed E-state index contributed by atoms with van der Waals surface area (Å²) in [7, 11) is 0. The van der Waals surface area contributed by atoms with Crippen molar-refractivity contribution in [3.8, 4) is 0 Å². The van der Waals surface area contributed by atoms with Gasteiger partial charge in [0.1, 0.15) is 11.5 Å². The number of hydrogen-bond donors (Lipinski definition) is 0. The number of rotatable bonds is 4. The van der Waals surface area contributed by atoms with E-state index in [0.717, 1.165) is 29.9 Å². The van der Waals surface area contributed by atoms with E-state index in [1.54, 1.807) is 12.4 Å². The Morgan fingerprint density at radius 2 is 2.14 bits per heavy atom. The van der Waals surface area contributed by atoms with E-state index in [1.165, 1.54) is 6.20 Å². The number of carbonyl (C=O) groups excluding carboxylic acids is 1. The quantitative estimate of drug-likeness (QED) is 0.665. The van der Waals surface area contributed by atoms with Crippen LogP contribution in [0.4, 0.5) is 0 Å². The molecule has 3 heterocycles. The molecule has 0 spiro atoms. The Bertz CT molecular complexity index is 971. The molecule has 1 amide bonds. The molecule has 144 valence electrons. The molecule has 28 heavy (non-hydrogen) atoms. The van der Waals surface area contributed by atoms with Crippen LogP contribution in [0.2, 0.25) is 5.02 Å². The maximum atomic E-state index is 12.7. The summed E-state index contributed by atoms with van der Waals surface area (Å²) >= 11 is 6.05. The van der Waals surface area contributed by atoms with Gasteiger partial charge in [-0.3, -0.25) is 9.78 Å². The van der Waals surface area contributed by atoms with Crippen molar-refractivity contribution in [2.45, 2.75) is 32.1 Å². The fourth-order valence-corrected chi connectivity index (χ4v) is 3.68. The predicted molar refractivity (Wildman–Crippen MR) is 105 cm³/mol. The molecule has 2 aromatic heterocycles. The van der Waals surface area contributed by atoms with Gasteiger partial charge in [0.25, 0.3) is 5.91 Å². The Balaban J connectivity index is 1.44. The van der Waals surface area contributed by atoms with Crippen LogP contribution in [0.1, 0.15) is 52.2 Å². The van der Waals surface area contributed by atoms with Crippen molar-refractivity contribution < 1.29 is 9.21 Å². The lowest BCUT2D eigenvalue weighted by Gasteiger charge is -2.31. The highest BCUT2D eigenvalue weighted by Gasteiger charge is 2.29. The zero-order valence-electron chi connectivity index (χ0n) is 15.6. The fourth-order valence-electron chi connectivity index (χ4n) is 3.47. The summed E-state index contributed by atoms with van der Waals surface area (Å²) in [5.74, 6) is 1.47. The molecule has 3 aromatic rings. The molecule has 1 fully saturated rings. The molecule has 1 saturated heterocycles. The van der Waals surface area contributed by atoms with Crippen molar-refractivity contribution in [2.75, 3.05) is 13.1 Å². The zero-order valence-corrected chi connectivity index (χ0v) is 16.4. The van der Waals surface area contributed by atoms with Gasteiger partial charge >= 0.3 is 0 Å². The van der Waals surface area contributed by atoms with Gasteiger partial charge in [-0.15, -0.1) is 0 Å². The lowest BCUT2D eigenvalue weighted by molar-refractivity contribution is 0.0691. The van der Waals surface area contributed by atoms with Crippen LogP contribution in [0.5, 0.6) is 0 Å². The van der Waals surface area contributed by atoms with Gasteiger partial charge in [-0.1, -0.05) is 23.7 Å². The Labute approximate surface area is 168 Å². The van der Waals surface area contributed by atoms with Crippen molar-refractivity contribution in [2.24, 2.45) is 0 Å². The van der Waals surface area contributed by atoms with Crippen molar-refractivity contribution in [3.63, 3.8) is 0 Å². The molecule has 6 nitrogen and oxygen atoms in total. The topological polar surface area (TPSA) is 72.1 Å². The molecule has 0 saturated carbocycles. The molecule has 1 aliphatic heterocycles. The number of halogens is 1. The molecule has 0 N–H and O–H groups in total. The van der Waals surface area contributed by atoms with Gasteiger partial charge < -0.3 is 9.32 Å². The third-order valence-electron chi connectivity index (χ3n) is 4.90. The first-order valence-electron chi connectivity index (χ1n) is 9.35. The molecule has 0 radical (unpaired) electrons. The second-order valence-electron chi connectivity index (χ2n) is 7.10. The molecule has 0 unspecified atom stereocenters. The van der Waals surface area contributed by atoms with E-state index >= 15 is 0 Å². The van der Waals surface area contributed by atoms with E-state index < -0.39 is 0 Å².